The molecular formula is C20H24ClN4O3+. The van der Waals surface area contributed by atoms with Gasteiger partial charge in [0.15, 0.2) is 6.04 Å². The van der Waals surface area contributed by atoms with E-state index in [9.17, 15) is 14.9 Å². The maximum atomic E-state index is 12.7. The number of aryl methyl sites for hydroxylation is 1. The van der Waals surface area contributed by atoms with Gasteiger partial charge >= 0.3 is 0 Å². The number of amides is 1. The molecule has 0 unspecified atom stereocenters. The van der Waals surface area contributed by atoms with Crippen LogP contribution in [-0.2, 0) is 4.79 Å². The molecule has 28 heavy (non-hydrogen) atoms. The molecule has 1 atom stereocenters. The fourth-order valence-electron chi connectivity index (χ4n) is 3.56. The molecule has 1 fully saturated rings. The second kappa shape index (κ2) is 8.58. The fraction of sp³-hybridized carbons (Fsp3) is 0.350. The average molecular weight is 404 g/mol. The van der Waals surface area contributed by atoms with Crippen LogP contribution in [0, 0.1) is 17.0 Å². The van der Waals surface area contributed by atoms with Crippen molar-refractivity contribution in [2.75, 3.05) is 36.4 Å². The highest BCUT2D eigenvalue weighted by Gasteiger charge is 2.30. The predicted molar refractivity (Wildman–Crippen MR) is 110 cm³/mol. The van der Waals surface area contributed by atoms with Crippen molar-refractivity contribution in [2.45, 2.75) is 19.9 Å². The zero-order valence-electron chi connectivity index (χ0n) is 15.9. The third-order valence-electron chi connectivity index (χ3n) is 5.28. The Labute approximate surface area is 169 Å². The van der Waals surface area contributed by atoms with E-state index in [0.29, 0.717) is 5.02 Å². The maximum absolute atomic E-state index is 12.7. The number of benzene rings is 2. The molecular weight excluding hydrogens is 380 g/mol. The Balaban J connectivity index is 1.62. The van der Waals surface area contributed by atoms with Crippen LogP contribution in [0.4, 0.5) is 17.1 Å². The Hall–Kier alpha value is -2.64. The molecule has 0 radical (unpaired) electrons. The minimum atomic E-state index is -0.487. The molecule has 1 heterocycles. The summed E-state index contributed by atoms with van der Waals surface area (Å²) in [6, 6.07) is 11.8. The molecule has 7 nitrogen and oxygen atoms in total. The molecule has 2 aromatic carbocycles. The lowest BCUT2D eigenvalue weighted by Crippen LogP contribution is -3.19. The number of anilines is 2. The Morgan fingerprint density at radius 3 is 2.61 bits per heavy atom. The van der Waals surface area contributed by atoms with E-state index in [4.69, 9.17) is 11.6 Å². The fourth-order valence-corrected chi connectivity index (χ4v) is 3.72. The van der Waals surface area contributed by atoms with Crippen LogP contribution in [0.1, 0.15) is 12.5 Å². The molecule has 0 spiro atoms. The summed E-state index contributed by atoms with van der Waals surface area (Å²) >= 11 is 6.14. The molecule has 0 bridgehead atoms. The number of halogens is 1. The standard InChI is InChI=1S/C20H23ClN4O3/c1-14-7-8-16(21)13-19(14)24-11-9-23(10-12-24)15(2)20(26)22-17-5-3-4-6-18(17)25(27)28/h3-8,13,15H,9-12H2,1-2H3,(H,22,26)/p+1/t15-/m1/s1. The molecule has 1 aliphatic rings. The van der Waals surface area contributed by atoms with Gasteiger partial charge in [-0.25, -0.2) is 0 Å². The first-order valence-corrected chi connectivity index (χ1v) is 9.64. The van der Waals surface area contributed by atoms with Crippen molar-refractivity contribution in [3.05, 3.63) is 63.2 Å². The van der Waals surface area contributed by atoms with E-state index in [1.165, 1.54) is 11.6 Å². The lowest BCUT2D eigenvalue weighted by molar-refractivity contribution is -0.914. The molecule has 148 valence electrons. The van der Waals surface area contributed by atoms with Crippen molar-refractivity contribution in [2.24, 2.45) is 0 Å². The molecule has 0 saturated carbocycles. The van der Waals surface area contributed by atoms with Gasteiger partial charge in [0, 0.05) is 16.8 Å². The van der Waals surface area contributed by atoms with Gasteiger partial charge in [-0.15, -0.1) is 0 Å². The normalized spacial score (nSPS) is 15.9. The third-order valence-corrected chi connectivity index (χ3v) is 5.52. The van der Waals surface area contributed by atoms with Crippen LogP contribution in [0.25, 0.3) is 0 Å². The number of carbonyl (C=O) groups is 1. The zero-order chi connectivity index (χ0) is 20.3. The predicted octanol–water partition coefficient (Wildman–Crippen LogP) is 2.29. The number of hydrogen-bond donors (Lipinski definition) is 2. The smallest absolute Gasteiger partial charge is 0.292 e. The van der Waals surface area contributed by atoms with E-state index in [0.717, 1.165) is 36.8 Å². The van der Waals surface area contributed by atoms with E-state index in [1.54, 1.807) is 18.2 Å². The Morgan fingerprint density at radius 2 is 1.93 bits per heavy atom. The zero-order valence-corrected chi connectivity index (χ0v) is 16.7. The number of nitrogens with one attached hydrogen (secondary N) is 2. The van der Waals surface area contributed by atoms with Crippen LogP contribution in [-0.4, -0.2) is 43.1 Å². The number of piperazine rings is 1. The van der Waals surface area contributed by atoms with Crippen molar-refractivity contribution >= 4 is 34.6 Å². The van der Waals surface area contributed by atoms with Gasteiger partial charge in [-0.3, -0.25) is 14.9 Å². The summed E-state index contributed by atoms with van der Waals surface area (Å²) in [5, 5.41) is 14.6. The summed E-state index contributed by atoms with van der Waals surface area (Å²) in [6.45, 7) is 7.17. The Kier molecular flexibility index (Phi) is 6.16. The number of hydrogen-bond acceptors (Lipinski definition) is 4. The number of nitro groups is 1. The van der Waals surface area contributed by atoms with Crippen molar-refractivity contribution < 1.29 is 14.6 Å². The first-order chi connectivity index (χ1) is 13.4. The maximum Gasteiger partial charge on any atom is 0.292 e. The SMILES string of the molecule is Cc1ccc(Cl)cc1N1CC[NH+]([C@H](C)C(=O)Nc2ccccc2[N+](=O)[O-])CC1. The second-order valence-electron chi connectivity index (χ2n) is 7.06. The number of nitrogens with zero attached hydrogens (tertiary/aromatic N) is 2. The molecule has 1 amide bonds. The quantitative estimate of drug-likeness (QED) is 0.593. The van der Waals surface area contributed by atoms with Gasteiger partial charge in [0.1, 0.15) is 5.69 Å². The lowest BCUT2D eigenvalue weighted by atomic mass is 10.1. The van der Waals surface area contributed by atoms with Gasteiger partial charge in [-0.05, 0) is 37.6 Å². The van der Waals surface area contributed by atoms with Gasteiger partial charge < -0.3 is 15.1 Å². The Morgan fingerprint density at radius 1 is 1.25 bits per heavy atom. The minimum Gasteiger partial charge on any atom is -0.360 e. The minimum absolute atomic E-state index is 0.0979. The number of carbonyl (C=O) groups excluding carboxylic acids is 1. The molecule has 2 aromatic rings. The number of nitro benzene ring substituents is 1. The molecule has 0 aliphatic carbocycles. The van der Waals surface area contributed by atoms with Crippen LogP contribution in [0.2, 0.25) is 5.02 Å². The van der Waals surface area contributed by atoms with E-state index >= 15 is 0 Å². The summed E-state index contributed by atoms with van der Waals surface area (Å²) in [4.78, 5) is 26.7. The van der Waals surface area contributed by atoms with Crippen LogP contribution in [0.15, 0.2) is 42.5 Å². The third kappa shape index (κ3) is 4.43. The molecule has 8 heteroatoms. The van der Waals surface area contributed by atoms with E-state index in [2.05, 4.69) is 17.1 Å². The summed E-state index contributed by atoms with van der Waals surface area (Å²) < 4.78 is 0. The monoisotopic (exact) mass is 403 g/mol. The van der Waals surface area contributed by atoms with Gasteiger partial charge in [0.05, 0.1) is 31.1 Å². The van der Waals surface area contributed by atoms with E-state index in [1.807, 2.05) is 25.1 Å². The largest absolute Gasteiger partial charge is 0.360 e. The summed E-state index contributed by atoms with van der Waals surface area (Å²) in [7, 11) is 0. The van der Waals surface area contributed by atoms with Crippen molar-refractivity contribution in [1.82, 2.24) is 0 Å². The number of rotatable bonds is 5. The van der Waals surface area contributed by atoms with Gasteiger partial charge in [0.25, 0.3) is 11.6 Å². The number of quaternary nitrogens is 1. The topological polar surface area (TPSA) is 79.9 Å². The highest BCUT2D eigenvalue weighted by atomic mass is 35.5. The van der Waals surface area contributed by atoms with Gasteiger partial charge in [-0.2, -0.15) is 0 Å². The molecule has 2 N–H and O–H groups in total. The van der Waals surface area contributed by atoms with Gasteiger partial charge in [-0.1, -0.05) is 29.8 Å². The summed E-state index contributed by atoms with van der Waals surface area (Å²) in [5.74, 6) is -0.211. The average Bonchev–Trinajstić information content (AvgIpc) is 2.69. The highest BCUT2D eigenvalue weighted by Crippen LogP contribution is 2.25. The first kappa shape index (κ1) is 20.1. The Bertz CT molecular complexity index is 882. The summed E-state index contributed by atoms with van der Waals surface area (Å²) in [5.41, 5.74) is 2.44. The van der Waals surface area contributed by atoms with Crippen LogP contribution >= 0.6 is 11.6 Å². The van der Waals surface area contributed by atoms with Crippen molar-refractivity contribution in [3.8, 4) is 0 Å². The van der Waals surface area contributed by atoms with Crippen LogP contribution in [0.5, 0.6) is 0 Å². The summed E-state index contributed by atoms with van der Waals surface area (Å²) in [6.07, 6.45) is 0. The van der Waals surface area contributed by atoms with E-state index < -0.39 is 4.92 Å². The van der Waals surface area contributed by atoms with Crippen molar-refractivity contribution in [1.29, 1.82) is 0 Å². The molecule has 0 aromatic heterocycles. The van der Waals surface area contributed by atoms with E-state index in [-0.39, 0.29) is 23.3 Å². The highest BCUT2D eigenvalue weighted by molar-refractivity contribution is 6.30. The molecule has 1 aliphatic heterocycles. The lowest BCUT2D eigenvalue weighted by Gasteiger charge is -2.36. The van der Waals surface area contributed by atoms with Crippen molar-refractivity contribution in [3.63, 3.8) is 0 Å². The van der Waals surface area contributed by atoms with Crippen LogP contribution in [0.3, 0.4) is 0 Å². The van der Waals surface area contributed by atoms with Crippen LogP contribution < -0.4 is 15.1 Å². The molecule has 1 saturated heterocycles. The van der Waals surface area contributed by atoms with Gasteiger partial charge in [0.2, 0.25) is 0 Å². The first-order valence-electron chi connectivity index (χ1n) is 9.27. The molecule has 3 rings (SSSR count). The number of para-hydroxylation sites is 2. The second-order valence-corrected chi connectivity index (χ2v) is 7.50.